The normalized spacial score (nSPS) is 22.4. The van der Waals surface area contributed by atoms with E-state index in [2.05, 4.69) is 229 Å². The topological polar surface area (TPSA) is 9.72 Å². The van der Waals surface area contributed by atoms with Gasteiger partial charge in [-0.1, -0.05) is 169 Å². The molecule has 7 aromatic carbocycles. The third-order valence-electron chi connectivity index (χ3n) is 17.0. The fraction of sp³-hybridized carbons (Fsp3) is 0.300. The van der Waals surface area contributed by atoms with Gasteiger partial charge in [0.25, 0.3) is 6.71 Å². The monoisotopic (exact) mass is 863 g/mol. The van der Waals surface area contributed by atoms with E-state index >= 15 is 0 Å². The van der Waals surface area contributed by atoms with Crippen LogP contribution in [-0.2, 0) is 16.2 Å². The van der Waals surface area contributed by atoms with Crippen LogP contribution >= 0.6 is 0 Å². The minimum absolute atomic E-state index is 0.0376. The molecular formula is C60H62BN3Si. The number of nitrogens with zero attached hydrogens (tertiary/aromatic N) is 3. The summed E-state index contributed by atoms with van der Waals surface area (Å²) in [6, 6.07) is 57.6. The fourth-order valence-corrected chi connectivity index (χ4v) is 17.7. The maximum absolute atomic E-state index is 2.80. The lowest BCUT2D eigenvalue weighted by molar-refractivity contribution is 0.195. The van der Waals surface area contributed by atoms with Crippen LogP contribution in [0.15, 0.2) is 146 Å². The summed E-state index contributed by atoms with van der Waals surface area (Å²) in [5.74, 6) is 0. The molecule has 3 unspecified atom stereocenters. The molecule has 324 valence electrons. The maximum atomic E-state index is 2.80. The number of aryl methyl sites for hydroxylation is 1. The van der Waals surface area contributed by atoms with Gasteiger partial charge in [-0.25, -0.2) is 0 Å². The second-order valence-corrected chi connectivity index (χ2v) is 26.6. The molecule has 1 fully saturated rings. The highest BCUT2D eigenvalue weighted by atomic mass is 28.3. The number of anilines is 8. The second kappa shape index (κ2) is 13.6. The van der Waals surface area contributed by atoms with Crippen molar-refractivity contribution in [2.24, 2.45) is 0 Å². The highest BCUT2D eigenvalue weighted by Gasteiger charge is 2.59. The van der Waals surface area contributed by atoms with Gasteiger partial charge in [0, 0.05) is 50.9 Å². The van der Waals surface area contributed by atoms with Crippen molar-refractivity contribution < 1.29 is 0 Å². The summed E-state index contributed by atoms with van der Waals surface area (Å²) in [5, 5.41) is 4.55. The standard InChI is InChI=1S/C60H62BN3Si/c1-39-35-49-56-53(36-39)65(10,45-19-12-11-13-20-45)52-24-18-23-48-55(52)61(56)54-50(62(48)42-29-25-40(26-30-42)57(2,3)4)37-44(38-51(54)63(49)43-31-27-41(28-32-43)58(5,6)7)64-47-22-15-14-21-46(47)59(8)33-16-17-34-60(59,64)9/h11-15,18-32,35-38H,16-17,33-34H2,1-10H3. The Morgan fingerprint density at radius 3 is 1.68 bits per heavy atom. The first-order valence-electron chi connectivity index (χ1n) is 24.3. The quantitative estimate of drug-likeness (QED) is 0.163. The Bertz CT molecular complexity index is 3090. The van der Waals surface area contributed by atoms with E-state index in [4.69, 9.17) is 0 Å². The minimum Gasteiger partial charge on any atom is -0.334 e. The average Bonchev–Trinajstić information content (AvgIpc) is 3.50. The molecule has 1 aliphatic carbocycles. The number of para-hydroxylation sites is 1. The Kier molecular flexibility index (Phi) is 8.54. The van der Waals surface area contributed by atoms with Crippen LogP contribution in [0.5, 0.6) is 0 Å². The maximum Gasteiger partial charge on any atom is 0.251 e. The number of rotatable bonds is 4. The molecule has 5 aliphatic rings. The molecule has 5 heteroatoms. The molecule has 65 heavy (non-hydrogen) atoms. The van der Waals surface area contributed by atoms with Crippen molar-refractivity contribution in [1.82, 2.24) is 0 Å². The molecular weight excluding hydrogens is 802 g/mol. The summed E-state index contributed by atoms with van der Waals surface area (Å²) in [6.45, 7) is 24.1. The molecule has 1 saturated carbocycles. The number of benzene rings is 7. The molecule has 4 heterocycles. The van der Waals surface area contributed by atoms with Crippen LogP contribution in [-0.4, -0.2) is 20.3 Å². The smallest absolute Gasteiger partial charge is 0.251 e. The van der Waals surface area contributed by atoms with Gasteiger partial charge in [0.2, 0.25) is 0 Å². The first kappa shape index (κ1) is 40.7. The Hall–Kier alpha value is -5.78. The summed E-state index contributed by atoms with van der Waals surface area (Å²) < 4.78 is 0. The average molecular weight is 864 g/mol. The molecule has 0 radical (unpaired) electrons. The predicted molar refractivity (Wildman–Crippen MR) is 282 cm³/mol. The number of hydrogen-bond acceptors (Lipinski definition) is 3. The molecule has 0 N–H and O–H groups in total. The zero-order valence-electron chi connectivity index (χ0n) is 40.1. The van der Waals surface area contributed by atoms with Gasteiger partial charge < -0.3 is 14.7 Å². The van der Waals surface area contributed by atoms with Gasteiger partial charge in [0.1, 0.15) is 8.07 Å². The number of fused-ring (bicyclic) bond motifs is 3. The Morgan fingerprint density at radius 1 is 0.508 bits per heavy atom. The van der Waals surface area contributed by atoms with Crippen molar-refractivity contribution >= 4 is 92.2 Å². The molecule has 0 aromatic heterocycles. The molecule has 0 amide bonds. The molecule has 0 saturated heterocycles. The SMILES string of the molecule is Cc1cc2c3c(c1)[Si](C)(c1ccccc1)c1cccc4c1B3c1c(cc(N3c5ccccc5C5(C)CCCCC35C)cc1N2c1ccc(C(C)(C)C)cc1)N4c1ccc(C(C)(C)C)cc1. The van der Waals surface area contributed by atoms with E-state index in [1.807, 2.05) is 0 Å². The van der Waals surface area contributed by atoms with E-state index in [1.165, 1.54) is 114 Å². The highest BCUT2D eigenvalue weighted by molar-refractivity contribution is 7.21. The van der Waals surface area contributed by atoms with Crippen LogP contribution in [0.4, 0.5) is 45.5 Å². The largest absolute Gasteiger partial charge is 0.334 e. The van der Waals surface area contributed by atoms with Crippen molar-refractivity contribution in [2.75, 3.05) is 14.7 Å². The lowest BCUT2D eigenvalue weighted by Gasteiger charge is -2.52. The van der Waals surface area contributed by atoms with Gasteiger partial charge in [-0.15, -0.1) is 0 Å². The van der Waals surface area contributed by atoms with Crippen LogP contribution in [0, 0.1) is 6.92 Å². The molecule has 3 nitrogen and oxygen atoms in total. The summed E-state index contributed by atoms with van der Waals surface area (Å²) in [6.07, 6.45) is 4.87. The summed E-state index contributed by atoms with van der Waals surface area (Å²) in [5.41, 5.74) is 20.3. The van der Waals surface area contributed by atoms with Crippen LogP contribution in [0.25, 0.3) is 0 Å². The van der Waals surface area contributed by atoms with E-state index in [0.717, 1.165) is 6.42 Å². The van der Waals surface area contributed by atoms with Gasteiger partial charge in [-0.2, -0.15) is 0 Å². The van der Waals surface area contributed by atoms with Crippen molar-refractivity contribution in [3.05, 3.63) is 168 Å². The summed E-state index contributed by atoms with van der Waals surface area (Å²) in [7, 11) is -2.56. The highest BCUT2D eigenvalue weighted by Crippen LogP contribution is 2.61. The lowest BCUT2D eigenvalue weighted by atomic mass is 9.33. The zero-order chi connectivity index (χ0) is 45.0. The summed E-state index contributed by atoms with van der Waals surface area (Å²) in [4.78, 5) is 8.14. The molecule has 3 atom stereocenters. The van der Waals surface area contributed by atoms with Crippen LogP contribution < -0.4 is 46.6 Å². The minimum atomic E-state index is -2.56. The van der Waals surface area contributed by atoms with E-state index in [-0.39, 0.29) is 28.5 Å². The van der Waals surface area contributed by atoms with Crippen LogP contribution in [0.1, 0.15) is 103 Å². The molecule has 0 bridgehead atoms. The van der Waals surface area contributed by atoms with Crippen molar-refractivity contribution in [1.29, 1.82) is 0 Å². The van der Waals surface area contributed by atoms with Crippen molar-refractivity contribution in [3.8, 4) is 0 Å². The molecule has 0 spiro atoms. The predicted octanol–water partition coefficient (Wildman–Crippen LogP) is 11.8. The fourth-order valence-electron chi connectivity index (χ4n) is 13.4. The zero-order valence-corrected chi connectivity index (χ0v) is 41.1. The van der Waals surface area contributed by atoms with Gasteiger partial charge in [0.05, 0.1) is 5.54 Å². The van der Waals surface area contributed by atoms with Crippen LogP contribution in [0.3, 0.4) is 0 Å². The third kappa shape index (κ3) is 5.48. The van der Waals surface area contributed by atoms with Gasteiger partial charge in [0.15, 0.2) is 0 Å². The van der Waals surface area contributed by atoms with Crippen molar-refractivity contribution in [3.63, 3.8) is 0 Å². The lowest BCUT2D eigenvalue weighted by Crippen LogP contribution is -2.83. The van der Waals surface area contributed by atoms with Crippen LogP contribution in [0.2, 0.25) is 6.55 Å². The van der Waals surface area contributed by atoms with Gasteiger partial charge in [-0.3, -0.25) is 0 Å². The molecule has 7 aromatic rings. The number of hydrogen-bond donors (Lipinski definition) is 0. The van der Waals surface area contributed by atoms with E-state index in [9.17, 15) is 0 Å². The van der Waals surface area contributed by atoms with Gasteiger partial charge in [-0.05, 0) is 136 Å². The Balaban J connectivity index is 1.22. The van der Waals surface area contributed by atoms with Crippen molar-refractivity contribution in [2.45, 2.75) is 116 Å². The third-order valence-corrected chi connectivity index (χ3v) is 21.5. The Morgan fingerprint density at radius 2 is 1.05 bits per heavy atom. The summed E-state index contributed by atoms with van der Waals surface area (Å²) >= 11 is 0. The molecule has 12 rings (SSSR count). The second-order valence-electron chi connectivity index (χ2n) is 22.7. The van der Waals surface area contributed by atoms with E-state index in [0.29, 0.717) is 0 Å². The van der Waals surface area contributed by atoms with E-state index < -0.39 is 8.07 Å². The first-order valence-corrected chi connectivity index (χ1v) is 26.8. The Labute approximate surface area is 389 Å². The van der Waals surface area contributed by atoms with Gasteiger partial charge >= 0.3 is 0 Å². The molecule has 4 aliphatic heterocycles. The van der Waals surface area contributed by atoms with E-state index in [1.54, 1.807) is 5.19 Å². The first-order chi connectivity index (χ1) is 31.0.